The Labute approximate surface area is 143 Å². The maximum atomic E-state index is 12.5. The molecule has 0 radical (unpaired) electrons. The molecule has 0 amide bonds. The molecular weight excluding hydrogens is 306 g/mol. The third-order valence-corrected chi connectivity index (χ3v) is 5.30. The average Bonchev–Trinajstić information content (AvgIpc) is 2.95. The number of hydrogen-bond donors (Lipinski definition) is 0. The second kappa shape index (κ2) is 6.45. The monoisotopic (exact) mass is 327 g/mol. The summed E-state index contributed by atoms with van der Waals surface area (Å²) >= 11 is 0. The second-order valence-electron chi connectivity index (χ2n) is 6.94. The molecule has 0 bridgehead atoms. The van der Waals surface area contributed by atoms with E-state index >= 15 is 0 Å². The van der Waals surface area contributed by atoms with Crippen LogP contribution in [-0.4, -0.2) is 10.8 Å². The Kier molecular flexibility index (Phi) is 4.54. The summed E-state index contributed by atoms with van der Waals surface area (Å²) in [7, 11) is 0. The van der Waals surface area contributed by atoms with Crippen LogP contribution in [0.15, 0.2) is 42.5 Å². The molecule has 1 aromatic carbocycles. The third kappa shape index (κ3) is 3.18. The van der Waals surface area contributed by atoms with Crippen molar-refractivity contribution in [3.63, 3.8) is 0 Å². The normalized spacial score (nSPS) is 18.5. The zero-order chi connectivity index (χ0) is 15.0. The van der Waals surface area contributed by atoms with Gasteiger partial charge >= 0.3 is 0 Å². The van der Waals surface area contributed by atoms with Gasteiger partial charge in [0.1, 0.15) is 0 Å². The lowest BCUT2D eigenvalue weighted by atomic mass is 9.71. The predicted octanol–water partition coefficient (Wildman–Crippen LogP) is 4.78. The first-order valence-electron chi connectivity index (χ1n) is 8.30. The molecule has 1 heterocycles. The molecule has 2 nitrogen and oxygen atoms in total. The van der Waals surface area contributed by atoms with Crippen LogP contribution in [-0.2, 0) is 12.8 Å². The molecule has 0 aliphatic heterocycles. The van der Waals surface area contributed by atoms with Crippen LogP contribution in [0.25, 0.3) is 0 Å². The summed E-state index contributed by atoms with van der Waals surface area (Å²) < 4.78 is 0. The number of hydrogen-bond acceptors (Lipinski definition) is 2. The van der Waals surface area contributed by atoms with Crippen LogP contribution >= 0.6 is 12.4 Å². The van der Waals surface area contributed by atoms with Gasteiger partial charge in [-0.2, -0.15) is 0 Å². The fourth-order valence-electron chi connectivity index (χ4n) is 4.17. The number of Topliss-reactive ketones (excluding diaryl/α,β-unsaturated/α-hetero) is 1. The van der Waals surface area contributed by atoms with E-state index in [1.807, 2.05) is 18.2 Å². The van der Waals surface area contributed by atoms with Crippen LogP contribution in [0, 0.1) is 5.41 Å². The van der Waals surface area contributed by atoms with E-state index in [1.54, 1.807) is 0 Å². The lowest BCUT2D eigenvalue weighted by molar-refractivity contribution is 0.0885. The van der Waals surface area contributed by atoms with Crippen LogP contribution in [0.3, 0.4) is 0 Å². The van der Waals surface area contributed by atoms with Gasteiger partial charge in [0.25, 0.3) is 0 Å². The Morgan fingerprint density at radius 3 is 2.43 bits per heavy atom. The molecular formula is C20H22ClNO. The topological polar surface area (TPSA) is 30.0 Å². The lowest BCUT2D eigenvalue weighted by Crippen LogP contribution is -2.31. The smallest absolute Gasteiger partial charge is 0.165 e. The standard InChI is InChI=1S/C20H21NO.ClH/c22-19-14-20(10-4-5-11-20)13-18-17(19)9-8-16(21-18)12-15-6-2-1-3-7-15;/h1-3,6-9H,4-5,10-14H2;1H. The van der Waals surface area contributed by atoms with Crippen LogP contribution in [0.5, 0.6) is 0 Å². The highest BCUT2D eigenvalue weighted by Crippen LogP contribution is 2.47. The Balaban J connectivity index is 0.00000156. The van der Waals surface area contributed by atoms with Gasteiger partial charge in [-0.3, -0.25) is 9.78 Å². The van der Waals surface area contributed by atoms with Gasteiger partial charge in [0.05, 0.1) is 5.69 Å². The van der Waals surface area contributed by atoms with Crippen molar-refractivity contribution in [1.82, 2.24) is 4.98 Å². The minimum Gasteiger partial charge on any atom is -0.294 e. The van der Waals surface area contributed by atoms with Gasteiger partial charge in [-0.25, -0.2) is 0 Å². The Morgan fingerprint density at radius 2 is 1.70 bits per heavy atom. The lowest BCUT2D eigenvalue weighted by Gasteiger charge is -2.33. The maximum Gasteiger partial charge on any atom is 0.165 e. The van der Waals surface area contributed by atoms with E-state index in [0.29, 0.717) is 5.78 Å². The number of pyridine rings is 1. The SMILES string of the molecule is Cl.O=C1CC2(CCCC2)Cc2nc(Cc3ccccc3)ccc21. The highest BCUT2D eigenvalue weighted by Gasteiger charge is 2.41. The number of benzene rings is 1. The number of halogens is 1. The molecule has 3 heteroatoms. The van der Waals surface area contributed by atoms with E-state index in [-0.39, 0.29) is 17.8 Å². The van der Waals surface area contributed by atoms with E-state index in [4.69, 9.17) is 4.98 Å². The summed E-state index contributed by atoms with van der Waals surface area (Å²) in [5.41, 5.74) is 4.49. The summed E-state index contributed by atoms with van der Waals surface area (Å²) in [6, 6.07) is 14.4. The van der Waals surface area contributed by atoms with Crippen molar-refractivity contribution in [3.8, 4) is 0 Å². The van der Waals surface area contributed by atoms with E-state index in [9.17, 15) is 4.79 Å². The highest BCUT2D eigenvalue weighted by atomic mass is 35.5. The average molecular weight is 328 g/mol. The molecule has 2 aromatic rings. The van der Waals surface area contributed by atoms with Crippen molar-refractivity contribution in [3.05, 3.63) is 65.0 Å². The summed E-state index contributed by atoms with van der Waals surface area (Å²) in [5.74, 6) is 0.307. The fraction of sp³-hybridized carbons (Fsp3) is 0.400. The molecule has 0 N–H and O–H groups in total. The van der Waals surface area contributed by atoms with Crippen LogP contribution in [0.1, 0.15) is 59.4 Å². The first-order valence-corrected chi connectivity index (χ1v) is 8.30. The van der Waals surface area contributed by atoms with E-state index in [1.165, 1.54) is 31.2 Å². The maximum absolute atomic E-state index is 12.5. The number of carbonyl (C=O) groups excluding carboxylic acids is 1. The van der Waals surface area contributed by atoms with Crippen molar-refractivity contribution in [1.29, 1.82) is 0 Å². The number of ketones is 1. The minimum atomic E-state index is 0. The molecule has 120 valence electrons. The molecule has 23 heavy (non-hydrogen) atoms. The van der Waals surface area contributed by atoms with E-state index in [0.717, 1.165) is 36.2 Å². The molecule has 0 unspecified atom stereocenters. The molecule has 1 aromatic heterocycles. The Bertz CT molecular complexity index is 705. The zero-order valence-corrected chi connectivity index (χ0v) is 14.1. The fourth-order valence-corrected chi connectivity index (χ4v) is 4.17. The molecule has 0 saturated heterocycles. The van der Waals surface area contributed by atoms with Gasteiger partial charge < -0.3 is 0 Å². The molecule has 1 saturated carbocycles. The second-order valence-corrected chi connectivity index (χ2v) is 6.94. The number of carbonyl (C=O) groups is 1. The van der Waals surface area contributed by atoms with Crippen molar-refractivity contribution in [2.24, 2.45) is 5.41 Å². The molecule has 0 atom stereocenters. The number of aromatic nitrogens is 1. The van der Waals surface area contributed by atoms with E-state index < -0.39 is 0 Å². The first-order chi connectivity index (χ1) is 10.7. The van der Waals surface area contributed by atoms with Gasteiger partial charge in [-0.1, -0.05) is 43.2 Å². The summed E-state index contributed by atoms with van der Waals surface area (Å²) in [5, 5.41) is 0. The predicted molar refractivity (Wildman–Crippen MR) is 94.3 cm³/mol. The van der Waals surface area contributed by atoms with Crippen molar-refractivity contribution < 1.29 is 4.79 Å². The first kappa shape index (κ1) is 16.2. The summed E-state index contributed by atoms with van der Waals surface area (Å²) in [6.45, 7) is 0. The van der Waals surface area contributed by atoms with Crippen molar-refractivity contribution in [2.45, 2.75) is 44.9 Å². The highest BCUT2D eigenvalue weighted by molar-refractivity contribution is 5.98. The zero-order valence-electron chi connectivity index (χ0n) is 13.3. The summed E-state index contributed by atoms with van der Waals surface area (Å²) in [6.07, 6.45) is 7.51. The largest absolute Gasteiger partial charge is 0.294 e. The number of fused-ring (bicyclic) bond motifs is 1. The van der Waals surface area contributed by atoms with E-state index in [2.05, 4.69) is 24.3 Å². The molecule has 2 aliphatic carbocycles. The van der Waals surface area contributed by atoms with Gasteiger partial charge in [0, 0.05) is 24.1 Å². The Hall–Kier alpha value is -1.67. The number of nitrogens with zero attached hydrogens (tertiary/aromatic N) is 1. The summed E-state index contributed by atoms with van der Waals surface area (Å²) in [4.78, 5) is 17.3. The molecule has 2 aliphatic rings. The van der Waals surface area contributed by atoms with Gasteiger partial charge in [0.2, 0.25) is 0 Å². The Morgan fingerprint density at radius 1 is 0.957 bits per heavy atom. The molecule has 4 rings (SSSR count). The quantitative estimate of drug-likeness (QED) is 0.794. The van der Waals surface area contributed by atoms with Crippen LogP contribution < -0.4 is 0 Å². The van der Waals surface area contributed by atoms with Gasteiger partial charge in [-0.05, 0) is 42.4 Å². The van der Waals surface area contributed by atoms with Crippen molar-refractivity contribution >= 4 is 18.2 Å². The molecule has 1 spiro atoms. The van der Waals surface area contributed by atoms with Crippen LogP contribution in [0.4, 0.5) is 0 Å². The van der Waals surface area contributed by atoms with Crippen molar-refractivity contribution in [2.75, 3.05) is 0 Å². The van der Waals surface area contributed by atoms with Crippen LogP contribution in [0.2, 0.25) is 0 Å². The number of rotatable bonds is 2. The minimum absolute atomic E-state index is 0. The van der Waals surface area contributed by atoms with Gasteiger partial charge in [-0.15, -0.1) is 12.4 Å². The molecule has 1 fully saturated rings. The third-order valence-electron chi connectivity index (χ3n) is 5.30. The van der Waals surface area contributed by atoms with Gasteiger partial charge in [0.15, 0.2) is 5.78 Å².